The molecule has 0 aromatic heterocycles. The molecule has 2 saturated heterocycles. The van der Waals surface area contributed by atoms with E-state index in [2.05, 4.69) is 10.6 Å². The van der Waals surface area contributed by atoms with Crippen LogP contribution in [0.5, 0.6) is 11.5 Å². The molecule has 3 aliphatic rings. The molecule has 9 nitrogen and oxygen atoms in total. The van der Waals surface area contributed by atoms with Crippen LogP contribution in [0.2, 0.25) is 0 Å². The fraction of sp³-hybridized carbons (Fsp3) is 0.348. The number of benzene rings is 2. The van der Waals surface area contributed by atoms with Crippen LogP contribution in [-0.4, -0.2) is 59.6 Å². The first-order valence-corrected chi connectivity index (χ1v) is 10.7. The van der Waals surface area contributed by atoms with Crippen LogP contribution < -0.4 is 20.1 Å². The summed E-state index contributed by atoms with van der Waals surface area (Å²) < 4.78 is 10.6. The normalized spacial score (nSPS) is 22.0. The second-order valence-corrected chi connectivity index (χ2v) is 8.08. The number of piperidine rings is 1. The maximum Gasteiger partial charge on any atom is 0.327 e. The fourth-order valence-corrected chi connectivity index (χ4v) is 4.44. The Hall–Kier alpha value is -3.59. The van der Waals surface area contributed by atoms with Crippen LogP contribution in [0.15, 0.2) is 48.5 Å². The largest absolute Gasteiger partial charge is 0.454 e. The van der Waals surface area contributed by atoms with Gasteiger partial charge in [0.25, 0.3) is 0 Å². The molecule has 0 bridgehead atoms. The number of nitrogens with zero attached hydrogens (tertiary/aromatic N) is 2. The van der Waals surface area contributed by atoms with Crippen LogP contribution >= 0.6 is 0 Å². The Morgan fingerprint density at radius 1 is 1.09 bits per heavy atom. The smallest absolute Gasteiger partial charge is 0.327 e. The van der Waals surface area contributed by atoms with Gasteiger partial charge in [-0.1, -0.05) is 30.3 Å². The second-order valence-electron chi connectivity index (χ2n) is 8.08. The molecule has 0 radical (unpaired) electrons. The highest BCUT2D eigenvalue weighted by atomic mass is 16.7. The number of fused-ring (bicyclic) bond motifs is 2. The van der Waals surface area contributed by atoms with Crippen molar-refractivity contribution in [3.8, 4) is 11.5 Å². The lowest BCUT2D eigenvalue weighted by atomic mass is 9.93. The zero-order valence-corrected chi connectivity index (χ0v) is 17.5. The number of ether oxygens (including phenoxy) is 2. The van der Waals surface area contributed by atoms with E-state index in [1.165, 1.54) is 9.80 Å². The predicted octanol–water partition coefficient (Wildman–Crippen LogP) is 1.94. The van der Waals surface area contributed by atoms with E-state index < -0.39 is 12.1 Å². The Morgan fingerprint density at radius 2 is 1.91 bits per heavy atom. The van der Waals surface area contributed by atoms with E-state index in [0.29, 0.717) is 30.2 Å². The van der Waals surface area contributed by atoms with Gasteiger partial charge in [0.2, 0.25) is 18.6 Å². The Balaban J connectivity index is 1.34. The average Bonchev–Trinajstić information content (AvgIpc) is 3.28. The van der Waals surface area contributed by atoms with Crippen LogP contribution in [0.1, 0.15) is 18.4 Å². The van der Waals surface area contributed by atoms with Crippen LogP contribution in [0, 0.1) is 0 Å². The van der Waals surface area contributed by atoms with Gasteiger partial charge >= 0.3 is 6.03 Å². The number of carbonyl (C=O) groups excluding carboxylic acids is 3. The summed E-state index contributed by atoms with van der Waals surface area (Å²) in [5, 5.41) is 6.06. The Morgan fingerprint density at radius 3 is 2.75 bits per heavy atom. The van der Waals surface area contributed by atoms with E-state index in [-0.39, 0.29) is 37.7 Å². The van der Waals surface area contributed by atoms with Crippen molar-refractivity contribution < 1.29 is 23.9 Å². The van der Waals surface area contributed by atoms with Crippen LogP contribution in [0.3, 0.4) is 0 Å². The number of rotatable bonds is 5. The highest BCUT2D eigenvalue weighted by Crippen LogP contribution is 2.34. The first kappa shape index (κ1) is 20.3. The molecule has 0 saturated carbocycles. The monoisotopic (exact) mass is 436 g/mol. The molecule has 3 aliphatic heterocycles. The molecule has 2 N–H and O–H groups in total. The zero-order chi connectivity index (χ0) is 22.1. The van der Waals surface area contributed by atoms with Gasteiger partial charge in [0.1, 0.15) is 12.6 Å². The summed E-state index contributed by atoms with van der Waals surface area (Å²) in [6.45, 7) is 0.881. The van der Waals surface area contributed by atoms with Gasteiger partial charge in [-0.05, 0) is 37.1 Å². The Kier molecular flexibility index (Phi) is 5.40. The lowest BCUT2D eigenvalue weighted by Gasteiger charge is -2.46. The lowest BCUT2D eigenvalue weighted by Crippen LogP contribution is -2.70. The van der Waals surface area contributed by atoms with Crippen LogP contribution in [0.25, 0.3) is 0 Å². The number of urea groups is 1. The van der Waals surface area contributed by atoms with Gasteiger partial charge in [0.15, 0.2) is 11.5 Å². The zero-order valence-electron chi connectivity index (χ0n) is 17.5. The minimum absolute atomic E-state index is 0.144. The summed E-state index contributed by atoms with van der Waals surface area (Å²) in [5.74, 6) is 0.611. The number of anilines is 1. The SMILES string of the molecule is O=C(CN1C(=O)N(Cc2ccccc2)C(=O)C2NCCCC21)Nc1ccc2c(c1)OCO2. The second kappa shape index (κ2) is 8.51. The summed E-state index contributed by atoms with van der Waals surface area (Å²) in [4.78, 5) is 42.0. The topological polar surface area (TPSA) is 100 Å². The maximum absolute atomic E-state index is 13.3. The third-order valence-corrected chi connectivity index (χ3v) is 5.99. The highest BCUT2D eigenvalue weighted by Gasteiger charge is 2.47. The molecular weight excluding hydrogens is 412 g/mol. The molecule has 9 heteroatoms. The van der Waals surface area contributed by atoms with Crippen molar-refractivity contribution in [1.29, 1.82) is 0 Å². The molecule has 0 spiro atoms. The number of nitrogens with one attached hydrogen (secondary N) is 2. The van der Waals surface area contributed by atoms with Crippen molar-refractivity contribution >= 4 is 23.5 Å². The van der Waals surface area contributed by atoms with E-state index in [4.69, 9.17) is 9.47 Å². The third kappa shape index (κ3) is 3.87. The van der Waals surface area contributed by atoms with Gasteiger partial charge in [-0.3, -0.25) is 14.5 Å². The van der Waals surface area contributed by atoms with Crippen LogP contribution in [-0.2, 0) is 16.1 Å². The standard InChI is InChI=1S/C23H24N4O5/c28-20(25-16-8-9-18-19(11-16)32-14-31-18)13-26-17-7-4-10-24-21(17)22(29)27(23(26)30)12-15-5-2-1-3-6-15/h1-3,5-6,8-9,11,17,21,24H,4,7,10,12-14H2,(H,25,28). The minimum atomic E-state index is -0.511. The van der Waals surface area contributed by atoms with Gasteiger partial charge in [0, 0.05) is 11.8 Å². The van der Waals surface area contributed by atoms with Gasteiger partial charge in [-0.2, -0.15) is 0 Å². The molecule has 3 heterocycles. The fourth-order valence-electron chi connectivity index (χ4n) is 4.44. The highest BCUT2D eigenvalue weighted by molar-refractivity contribution is 6.03. The molecule has 4 amide bonds. The third-order valence-electron chi connectivity index (χ3n) is 5.99. The molecule has 2 aromatic rings. The van der Waals surface area contributed by atoms with E-state index in [0.717, 1.165) is 12.0 Å². The van der Waals surface area contributed by atoms with E-state index >= 15 is 0 Å². The van der Waals surface area contributed by atoms with Crippen molar-refractivity contribution in [1.82, 2.24) is 15.1 Å². The van der Waals surface area contributed by atoms with Gasteiger partial charge in [0.05, 0.1) is 12.6 Å². The molecule has 5 rings (SSSR count). The number of amides is 4. The van der Waals surface area contributed by atoms with E-state index in [1.807, 2.05) is 30.3 Å². The van der Waals surface area contributed by atoms with Gasteiger partial charge in [-0.25, -0.2) is 4.79 Å². The number of carbonyl (C=O) groups is 3. The molecule has 2 aromatic carbocycles. The predicted molar refractivity (Wildman–Crippen MR) is 115 cm³/mol. The molecule has 2 atom stereocenters. The number of hydrogen-bond acceptors (Lipinski definition) is 6. The summed E-state index contributed by atoms with van der Waals surface area (Å²) in [6, 6.07) is 13.2. The summed E-state index contributed by atoms with van der Waals surface area (Å²) in [5.41, 5.74) is 1.41. The Bertz CT molecular complexity index is 1040. The van der Waals surface area contributed by atoms with Crippen molar-refractivity contribution in [3.05, 3.63) is 54.1 Å². The van der Waals surface area contributed by atoms with E-state index in [1.54, 1.807) is 18.2 Å². The first-order valence-electron chi connectivity index (χ1n) is 10.7. The Labute approximate surface area is 185 Å². The summed E-state index contributed by atoms with van der Waals surface area (Å²) >= 11 is 0. The van der Waals surface area contributed by atoms with Gasteiger partial charge in [-0.15, -0.1) is 0 Å². The number of hydrogen-bond donors (Lipinski definition) is 2. The lowest BCUT2D eigenvalue weighted by molar-refractivity contribution is -0.138. The molecule has 32 heavy (non-hydrogen) atoms. The molecule has 2 unspecified atom stereocenters. The van der Waals surface area contributed by atoms with Crippen LogP contribution in [0.4, 0.5) is 10.5 Å². The number of imide groups is 1. The van der Waals surface area contributed by atoms with Crippen molar-refractivity contribution in [2.24, 2.45) is 0 Å². The minimum Gasteiger partial charge on any atom is -0.454 e. The molecule has 2 fully saturated rings. The van der Waals surface area contributed by atoms with E-state index in [9.17, 15) is 14.4 Å². The first-order chi connectivity index (χ1) is 15.6. The molecular formula is C23H24N4O5. The summed E-state index contributed by atoms with van der Waals surface area (Å²) in [7, 11) is 0. The van der Waals surface area contributed by atoms with Crippen molar-refractivity contribution in [3.63, 3.8) is 0 Å². The van der Waals surface area contributed by atoms with Crippen molar-refractivity contribution in [2.45, 2.75) is 31.5 Å². The van der Waals surface area contributed by atoms with Crippen molar-refractivity contribution in [2.75, 3.05) is 25.2 Å². The maximum atomic E-state index is 13.3. The van der Waals surface area contributed by atoms with Gasteiger partial charge < -0.3 is 25.0 Å². The quantitative estimate of drug-likeness (QED) is 0.743. The molecule has 0 aliphatic carbocycles. The summed E-state index contributed by atoms with van der Waals surface area (Å²) in [6.07, 6.45) is 1.51. The molecule has 166 valence electrons. The average molecular weight is 436 g/mol.